The number of ether oxygens (including phenoxy) is 1. The van der Waals surface area contributed by atoms with Crippen LogP contribution in [0.25, 0.3) is 0 Å². The predicted molar refractivity (Wildman–Crippen MR) is 121 cm³/mol. The smallest absolute Gasteiger partial charge is 0.338 e. The summed E-state index contributed by atoms with van der Waals surface area (Å²) in [5, 5.41) is 8.23. The van der Waals surface area contributed by atoms with Crippen molar-refractivity contribution in [3.63, 3.8) is 0 Å². The topological polar surface area (TPSA) is 96.5 Å². The maximum atomic E-state index is 12.3. The number of carbonyl (C=O) groups excluding carboxylic acids is 3. The van der Waals surface area contributed by atoms with Crippen molar-refractivity contribution in [1.82, 2.24) is 10.6 Å². The second-order valence-corrected chi connectivity index (χ2v) is 7.99. The van der Waals surface area contributed by atoms with Crippen LogP contribution in [-0.2, 0) is 16.1 Å². The van der Waals surface area contributed by atoms with Gasteiger partial charge in [-0.25, -0.2) is 9.59 Å². The third-order valence-electron chi connectivity index (χ3n) is 4.56. The first-order valence-electron chi connectivity index (χ1n) is 10.4. The van der Waals surface area contributed by atoms with E-state index in [2.05, 4.69) is 29.8 Å². The summed E-state index contributed by atoms with van der Waals surface area (Å²) in [6.07, 6.45) is -0.946. The number of esters is 1. The van der Waals surface area contributed by atoms with Gasteiger partial charge in [0.2, 0.25) is 0 Å². The number of benzene rings is 2. The SMILES string of the molecule is CC(C)NC(=O)NCc1ccc(C(=O)O[C@H](C)C(=O)Nc2ccc(C(C)C)cc2)cc1. The van der Waals surface area contributed by atoms with Crippen molar-refractivity contribution in [3.8, 4) is 0 Å². The normalized spacial score (nSPS) is 11.7. The molecule has 0 aliphatic carbocycles. The largest absolute Gasteiger partial charge is 0.449 e. The number of hydrogen-bond acceptors (Lipinski definition) is 4. The monoisotopic (exact) mass is 425 g/mol. The second kappa shape index (κ2) is 11.2. The first-order chi connectivity index (χ1) is 14.7. The van der Waals surface area contributed by atoms with E-state index in [-0.39, 0.29) is 12.1 Å². The molecule has 0 aliphatic rings. The highest BCUT2D eigenvalue weighted by atomic mass is 16.5. The molecule has 0 fully saturated rings. The van der Waals surface area contributed by atoms with Gasteiger partial charge in [-0.1, -0.05) is 38.1 Å². The first-order valence-corrected chi connectivity index (χ1v) is 10.4. The molecule has 2 rings (SSSR count). The third kappa shape index (κ3) is 7.77. The van der Waals surface area contributed by atoms with Crippen molar-refractivity contribution in [2.45, 2.75) is 59.2 Å². The molecule has 31 heavy (non-hydrogen) atoms. The highest BCUT2D eigenvalue weighted by Gasteiger charge is 2.19. The van der Waals surface area contributed by atoms with Crippen LogP contribution in [0.4, 0.5) is 10.5 Å². The minimum absolute atomic E-state index is 0.0516. The lowest BCUT2D eigenvalue weighted by atomic mass is 10.0. The molecule has 0 saturated heterocycles. The molecule has 0 unspecified atom stereocenters. The third-order valence-corrected chi connectivity index (χ3v) is 4.56. The summed E-state index contributed by atoms with van der Waals surface area (Å²) in [5.74, 6) is -0.582. The summed E-state index contributed by atoms with van der Waals surface area (Å²) >= 11 is 0. The zero-order valence-electron chi connectivity index (χ0n) is 18.7. The summed E-state index contributed by atoms with van der Waals surface area (Å²) in [6, 6.07) is 14.0. The highest BCUT2D eigenvalue weighted by molar-refractivity contribution is 5.97. The van der Waals surface area contributed by atoms with Gasteiger partial charge in [0, 0.05) is 18.3 Å². The standard InChI is InChI=1S/C24H31N3O4/c1-15(2)19-10-12-21(13-11-19)27-22(28)17(5)31-23(29)20-8-6-18(7-9-20)14-25-24(30)26-16(3)4/h6-13,15-17H,14H2,1-5H3,(H,27,28)(H2,25,26,30)/t17-/m1/s1. The van der Waals surface area contributed by atoms with Crippen LogP contribution in [0.5, 0.6) is 0 Å². The van der Waals surface area contributed by atoms with Crippen LogP contribution >= 0.6 is 0 Å². The number of amides is 3. The Morgan fingerprint density at radius 2 is 1.48 bits per heavy atom. The Morgan fingerprint density at radius 3 is 2.03 bits per heavy atom. The Balaban J connectivity index is 1.85. The van der Waals surface area contributed by atoms with Crippen molar-refractivity contribution in [2.24, 2.45) is 0 Å². The van der Waals surface area contributed by atoms with Gasteiger partial charge in [0.25, 0.3) is 5.91 Å². The zero-order chi connectivity index (χ0) is 23.0. The maximum absolute atomic E-state index is 12.3. The molecule has 166 valence electrons. The van der Waals surface area contributed by atoms with Crippen LogP contribution < -0.4 is 16.0 Å². The average Bonchev–Trinajstić information content (AvgIpc) is 2.72. The number of carbonyl (C=O) groups is 3. The molecule has 2 aromatic carbocycles. The fourth-order valence-electron chi connectivity index (χ4n) is 2.73. The molecule has 7 nitrogen and oxygen atoms in total. The van der Waals surface area contributed by atoms with Gasteiger partial charge in [-0.15, -0.1) is 0 Å². The summed E-state index contributed by atoms with van der Waals surface area (Å²) in [5.41, 5.74) is 3.00. The van der Waals surface area contributed by atoms with Crippen LogP contribution in [0.1, 0.15) is 62.0 Å². The Morgan fingerprint density at radius 1 is 0.871 bits per heavy atom. The lowest BCUT2D eigenvalue weighted by Crippen LogP contribution is -2.39. The fourth-order valence-corrected chi connectivity index (χ4v) is 2.73. The van der Waals surface area contributed by atoms with Gasteiger partial charge < -0.3 is 20.7 Å². The summed E-state index contributed by atoms with van der Waals surface area (Å²) in [4.78, 5) is 36.3. The molecule has 0 radical (unpaired) electrons. The number of rotatable bonds is 8. The zero-order valence-corrected chi connectivity index (χ0v) is 18.7. The molecule has 0 spiro atoms. The van der Waals surface area contributed by atoms with Crippen LogP contribution in [-0.4, -0.2) is 30.1 Å². The van der Waals surface area contributed by atoms with E-state index in [1.165, 1.54) is 12.5 Å². The van der Waals surface area contributed by atoms with Gasteiger partial charge in [-0.3, -0.25) is 4.79 Å². The highest BCUT2D eigenvalue weighted by Crippen LogP contribution is 2.17. The van der Waals surface area contributed by atoms with Gasteiger partial charge in [-0.2, -0.15) is 0 Å². The minimum atomic E-state index is -0.946. The quantitative estimate of drug-likeness (QED) is 0.552. The van der Waals surface area contributed by atoms with Gasteiger partial charge in [0.1, 0.15) is 0 Å². The fraction of sp³-hybridized carbons (Fsp3) is 0.375. The van der Waals surface area contributed by atoms with Crippen molar-refractivity contribution in [1.29, 1.82) is 0 Å². The molecular formula is C24H31N3O4. The van der Waals surface area contributed by atoms with Gasteiger partial charge in [-0.05, 0) is 62.1 Å². The number of hydrogen-bond donors (Lipinski definition) is 3. The average molecular weight is 426 g/mol. The van der Waals surface area contributed by atoms with E-state index in [0.717, 1.165) is 5.56 Å². The maximum Gasteiger partial charge on any atom is 0.338 e. The number of urea groups is 1. The molecule has 2 aromatic rings. The van der Waals surface area contributed by atoms with Crippen molar-refractivity contribution < 1.29 is 19.1 Å². The van der Waals surface area contributed by atoms with E-state index < -0.39 is 18.0 Å². The lowest BCUT2D eigenvalue weighted by Gasteiger charge is -2.14. The molecule has 0 saturated carbocycles. The van der Waals surface area contributed by atoms with Crippen molar-refractivity contribution in [3.05, 3.63) is 65.2 Å². The molecule has 7 heteroatoms. The first kappa shape index (κ1) is 23.9. The molecule has 3 amide bonds. The molecule has 0 bridgehead atoms. The predicted octanol–water partition coefficient (Wildman–Crippen LogP) is 4.20. The van der Waals surface area contributed by atoms with Crippen LogP contribution in [0.3, 0.4) is 0 Å². The van der Waals surface area contributed by atoms with Gasteiger partial charge in [0.05, 0.1) is 5.56 Å². The van der Waals surface area contributed by atoms with Crippen molar-refractivity contribution >= 4 is 23.6 Å². The van der Waals surface area contributed by atoms with E-state index in [9.17, 15) is 14.4 Å². The molecule has 3 N–H and O–H groups in total. The van der Waals surface area contributed by atoms with E-state index in [0.29, 0.717) is 23.7 Å². The van der Waals surface area contributed by atoms with E-state index in [1.807, 2.05) is 38.1 Å². The van der Waals surface area contributed by atoms with Crippen LogP contribution in [0.2, 0.25) is 0 Å². The molecule has 1 atom stereocenters. The number of anilines is 1. The Hall–Kier alpha value is -3.35. The lowest BCUT2D eigenvalue weighted by molar-refractivity contribution is -0.123. The molecule has 0 aliphatic heterocycles. The summed E-state index contributed by atoms with van der Waals surface area (Å²) in [7, 11) is 0. The number of nitrogens with one attached hydrogen (secondary N) is 3. The second-order valence-electron chi connectivity index (χ2n) is 7.99. The van der Waals surface area contributed by atoms with E-state index in [4.69, 9.17) is 4.74 Å². The summed E-state index contributed by atoms with van der Waals surface area (Å²) in [6.45, 7) is 9.82. The van der Waals surface area contributed by atoms with Crippen LogP contribution in [0.15, 0.2) is 48.5 Å². The van der Waals surface area contributed by atoms with E-state index in [1.54, 1.807) is 24.3 Å². The summed E-state index contributed by atoms with van der Waals surface area (Å²) < 4.78 is 5.28. The van der Waals surface area contributed by atoms with Gasteiger partial charge >= 0.3 is 12.0 Å². The molecular weight excluding hydrogens is 394 g/mol. The Bertz CT molecular complexity index is 890. The van der Waals surface area contributed by atoms with Crippen molar-refractivity contribution in [2.75, 3.05) is 5.32 Å². The molecule has 0 heterocycles. The van der Waals surface area contributed by atoms with E-state index >= 15 is 0 Å². The van der Waals surface area contributed by atoms with Crippen LogP contribution in [0, 0.1) is 0 Å². The molecule has 0 aromatic heterocycles. The minimum Gasteiger partial charge on any atom is -0.449 e. The van der Waals surface area contributed by atoms with Gasteiger partial charge in [0.15, 0.2) is 6.10 Å². The Kier molecular flexibility index (Phi) is 8.61. The Labute approximate surface area is 183 Å².